The van der Waals surface area contributed by atoms with Gasteiger partial charge in [0.25, 0.3) is 10.0 Å². The van der Waals surface area contributed by atoms with E-state index in [4.69, 9.17) is 10.2 Å². The Morgan fingerprint density at radius 1 is 0.722 bits per heavy atom. The molecule has 214 valence electrons. The second-order valence-electron chi connectivity index (χ2n) is 8.17. The highest BCUT2D eigenvalue weighted by Crippen LogP contribution is 2.58. The van der Waals surface area contributed by atoms with Crippen LogP contribution in [-0.4, -0.2) is 109 Å². The van der Waals surface area contributed by atoms with Crippen molar-refractivity contribution in [3.8, 4) is 0 Å². The molecule has 0 saturated heterocycles. The van der Waals surface area contributed by atoms with Crippen LogP contribution in [0.3, 0.4) is 0 Å². The number of carbonyl (C=O) groups is 2. The number of aliphatic carboxylic acids is 2. The van der Waals surface area contributed by atoms with Crippen molar-refractivity contribution in [1.82, 2.24) is 4.31 Å². The van der Waals surface area contributed by atoms with E-state index in [0.717, 1.165) is 0 Å². The first kappa shape index (κ1) is 34.0. The average molecular weight is 579 g/mol. The molecular formula is C16H22F11N2O6S+. The Kier molecular flexibility index (Phi) is 10.2. The van der Waals surface area contributed by atoms with Crippen LogP contribution in [0, 0.1) is 0 Å². The first-order chi connectivity index (χ1) is 15.7. The van der Waals surface area contributed by atoms with Gasteiger partial charge in [0.15, 0.2) is 0 Å². The van der Waals surface area contributed by atoms with E-state index in [0.29, 0.717) is 0 Å². The summed E-state index contributed by atoms with van der Waals surface area (Å²) in [6, 6.07) is 0. The van der Waals surface area contributed by atoms with Crippen LogP contribution < -0.4 is 0 Å². The first-order valence-corrected chi connectivity index (χ1v) is 11.0. The van der Waals surface area contributed by atoms with Crippen molar-refractivity contribution >= 4 is 22.0 Å². The van der Waals surface area contributed by atoms with E-state index >= 15 is 0 Å². The Balaban J connectivity index is 6.24. The zero-order valence-electron chi connectivity index (χ0n) is 18.4. The summed E-state index contributed by atoms with van der Waals surface area (Å²) in [5, 5.41) is 10.0. The molecule has 0 rings (SSSR count). The second-order valence-corrected chi connectivity index (χ2v) is 10.1. The van der Waals surface area contributed by atoms with Crippen LogP contribution in [0.25, 0.3) is 0 Å². The fourth-order valence-corrected chi connectivity index (χ4v) is 4.12. The van der Waals surface area contributed by atoms with Crippen LogP contribution in [-0.2, 0) is 19.6 Å². The number of halogens is 11. The molecule has 0 aliphatic heterocycles. The predicted octanol–water partition coefficient (Wildman–Crippen LogP) is 3.10. The van der Waals surface area contributed by atoms with Gasteiger partial charge >= 0.3 is 41.1 Å². The van der Waals surface area contributed by atoms with E-state index in [9.17, 15) is 66.3 Å². The minimum Gasteiger partial charge on any atom is -0.481 e. The van der Waals surface area contributed by atoms with Gasteiger partial charge in [-0.1, -0.05) is 0 Å². The SMILES string of the molecule is C[N+](C)(CCCN(CCC(=O)O)S(=O)(=O)C(F)(F)C(F)(F)C(F)(F)C(F)(F)C(F)(F)F)CCC(=O)O. The van der Waals surface area contributed by atoms with Crippen LogP contribution in [0.4, 0.5) is 48.3 Å². The molecule has 0 bridgehead atoms. The molecular weight excluding hydrogens is 557 g/mol. The molecule has 0 aliphatic carbocycles. The van der Waals surface area contributed by atoms with Gasteiger partial charge < -0.3 is 14.7 Å². The van der Waals surface area contributed by atoms with Crippen molar-refractivity contribution in [3.05, 3.63) is 0 Å². The molecule has 0 aliphatic rings. The third kappa shape index (κ3) is 6.87. The van der Waals surface area contributed by atoms with Gasteiger partial charge in [0, 0.05) is 19.5 Å². The first-order valence-electron chi connectivity index (χ1n) is 9.52. The van der Waals surface area contributed by atoms with Crippen molar-refractivity contribution in [2.24, 2.45) is 0 Å². The van der Waals surface area contributed by atoms with E-state index < -0.39 is 87.8 Å². The standard InChI is InChI=1S/C16H21F11N2O6S/c1-29(2,9-5-11(32)33)8-3-6-28(7-4-10(30)31)36(34,35)16(26,27)14(21,22)12(17,18)13(19,20)15(23,24)25/h3-9H2,1-2H3,(H-,30,31,32,33)/p+1. The lowest BCUT2D eigenvalue weighted by atomic mass is 10.0. The van der Waals surface area contributed by atoms with Gasteiger partial charge in [0.1, 0.15) is 0 Å². The van der Waals surface area contributed by atoms with E-state index in [1.54, 1.807) is 0 Å². The second kappa shape index (κ2) is 10.8. The summed E-state index contributed by atoms with van der Waals surface area (Å²) >= 11 is 0. The summed E-state index contributed by atoms with van der Waals surface area (Å²) in [5.41, 5.74) is 0. The third-order valence-electron chi connectivity index (χ3n) is 4.85. The number of nitrogens with zero attached hydrogens (tertiary/aromatic N) is 2. The maximum absolute atomic E-state index is 14.3. The maximum atomic E-state index is 14.3. The molecule has 0 saturated carbocycles. The predicted molar refractivity (Wildman–Crippen MR) is 97.3 cm³/mol. The monoisotopic (exact) mass is 579 g/mol. The Bertz CT molecular complexity index is 907. The zero-order chi connectivity index (χ0) is 29.2. The largest absolute Gasteiger partial charge is 0.481 e. The normalized spacial score (nSPS) is 14.8. The van der Waals surface area contributed by atoms with Crippen molar-refractivity contribution in [3.63, 3.8) is 0 Å². The lowest BCUT2D eigenvalue weighted by Gasteiger charge is -2.38. The number of sulfonamides is 1. The molecule has 0 spiro atoms. The molecule has 8 nitrogen and oxygen atoms in total. The van der Waals surface area contributed by atoms with Crippen molar-refractivity contribution in [1.29, 1.82) is 0 Å². The topological polar surface area (TPSA) is 112 Å². The molecule has 2 N–H and O–H groups in total. The molecule has 0 aromatic heterocycles. The van der Waals surface area contributed by atoms with Crippen LogP contribution >= 0.6 is 0 Å². The van der Waals surface area contributed by atoms with E-state index in [1.807, 2.05) is 0 Å². The molecule has 0 unspecified atom stereocenters. The van der Waals surface area contributed by atoms with E-state index in [-0.39, 0.29) is 17.6 Å². The van der Waals surface area contributed by atoms with Crippen LogP contribution in [0.2, 0.25) is 0 Å². The molecule has 20 heteroatoms. The minimum absolute atomic E-state index is 0.121. The van der Waals surface area contributed by atoms with Gasteiger partial charge in [-0.3, -0.25) is 9.59 Å². The van der Waals surface area contributed by atoms with Crippen molar-refractivity contribution < 1.29 is 81.0 Å². The molecule has 0 radical (unpaired) electrons. The fraction of sp³-hybridized carbons (Fsp3) is 0.875. The summed E-state index contributed by atoms with van der Waals surface area (Å²) in [5.74, 6) is -26.7. The Hall–Kier alpha value is -1.96. The number of carboxylic acid groups (broad SMARTS) is 2. The zero-order valence-corrected chi connectivity index (χ0v) is 19.3. The van der Waals surface area contributed by atoms with Gasteiger partial charge in [-0.2, -0.15) is 52.6 Å². The van der Waals surface area contributed by atoms with Gasteiger partial charge in [0.2, 0.25) is 0 Å². The van der Waals surface area contributed by atoms with Gasteiger partial charge in [0.05, 0.1) is 40.0 Å². The maximum Gasteiger partial charge on any atom is 0.460 e. The van der Waals surface area contributed by atoms with Gasteiger partial charge in [-0.05, 0) is 0 Å². The van der Waals surface area contributed by atoms with E-state index in [2.05, 4.69) is 0 Å². The Morgan fingerprint density at radius 3 is 1.56 bits per heavy atom. The quantitative estimate of drug-likeness (QED) is 0.228. The lowest BCUT2D eigenvalue weighted by Crippen LogP contribution is -2.69. The van der Waals surface area contributed by atoms with Crippen molar-refractivity contribution in [2.75, 3.05) is 40.3 Å². The summed E-state index contributed by atoms with van der Waals surface area (Å²) in [4.78, 5) is 21.3. The number of hydrogen-bond donors (Lipinski definition) is 2. The highest BCUT2D eigenvalue weighted by atomic mass is 32.2. The fourth-order valence-electron chi connectivity index (χ4n) is 2.64. The number of carboxylic acids is 2. The highest BCUT2D eigenvalue weighted by Gasteiger charge is 2.89. The molecule has 0 heterocycles. The Morgan fingerprint density at radius 2 is 1.17 bits per heavy atom. The summed E-state index contributed by atoms with van der Waals surface area (Å²) in [7, 11) is -4.46. The van der Waals surface area contributed by atoms with Gasteiger partial charge in [-0.15, -0.1) is 0 Å². The summed E-state index contributed by atoms with van der Waals surface area (Å²) in [6.45, 7) is -3.23. The highest BCUT2D eigenvalue weighted by molar-refractivity contribution is 7.90. The van der Waals surface area contributed by atoms with Crippen LogP contribution in [0.15, 0.2) is 0 Å². The van der Waals surface area contributed by atoms with Crippen molar-refractivity contribution in [2.45, 2.75) is 48.5 Å². The molecule has 0 fully saturated rings. The van der Waals surface area contributed by atoms with Crippen LogP contribution in [0.1, 0.15) is 19.3 Å². The van der Waals surface area contributed by atoms with Crippen LogP contribution in [0.5, 0.6) is 0 Å². The van der Waals surface area contributed by atoms with Gasteiger partial charge in [-0.25, -0.2) is 8.42 Å². The summed E-state index contributed by atoms with van der Waals surface area (Å²) < 4.78 is 169. The number of alkyl halides is 11. The average Bonchev–Trinajstić information content (AvgIpc) is 2.67. The molecule has 0 aromatic rings. The smallest absolute Gasteiger partial charge is 0.460 e. The number of rotatable bonds is 15. The minimum atomic E-state index is -7.96. The van der Waals surface area contributed by atoms with E-state index in [1.165, 1.54) is 14.1 Å². The molecule has 36 heavy (non-hydrogen) atoms. The number of hydrogen-bond acceptors (Lipinski definition) is 4. The molecule has 0 atom stereocenters. The molecule has 0 amide bonds. The molecule has 0 aromatic carbocycles. The number of quaternary nitrogens is 1. The lowest BCUT2D eigenvalue weighted by molar-refractivity contribution is -0.889. The third-order valence-corrected chi connectivity index (χ3v) is 6.80. The Labute approximate surface area is 196 Å². The summed E-state index contributed by atoms with van der Waals surface area (Å²) in [6.07, 6.45) is -9.88.